The minimum Gasteiger partial charge on any atom is -0.393 e. The predicted octanol–water partition coefficient (Wildman–Crippen LogP) is 4.25. The van der Waals surface area contributed by atoms with Crippen LogP contribution >= 0.6 is 0 Å². The molecule has 3 aromatic rings. The van der Waals surface area contributed by atoms with Crippen molar-refractivity contribution < 1.29 is 14.6 Å². The molecule has 8 nitrogen and oxygen atoms in total. The number of hydrogen-bond donors (Lipinski definition) is 2. The molecule has 0 amide bonds. The second kappa shape index (κ2) is 11.3. The molecule has 1 aliphatic carbocycles. The van der Waals surface area contributed by atoms with Crippen molar-refractivity contribution in [3.05, 3.63) is 47.8 Å². The second-order valence-corrected chi connectivity index (χ2v) is 10.3. The molecule has 1 unspecified atom stereocenters. The number of methoxy groups -OCH3 is 1. The molecule has 0 radical (unpaired) electrons. The lowest BCUT2D eigenvalue weighted by atomic mass is 9.85. The van der Waals surface area contributed by atoms with E-state index in [1.165, 1.54) is 16.8 Å². The Morgan fingerprint density at radius 3 is 2.53 bits per heavy atom. The number of hydrogen-bond acceptors (Lipinski definition) is 7. The Morgan fingerprint density at radius 2 is 1.83 bits per heavy atom. The number of nitrogens with zero attached hydrogens (tertiary/aromatic N) is 4. The first-order valence-electron chi connectivity index (χ1n) is 13.3. The zero-order valence-electron chi connectivity index (χ0n) is 21.7. The number of morpholine rings is 1. The first kappa shape index (κ1) is 25.1. The maximum absolute atomic E-state index is 10.1. The number of aliphatic hydroxyl groups excluding tert-OH is 1. The summed E-state index contributed by atoms with van der Waals surface area (Å²) >= 11 is 0. The lowest BCUT2D eigenvalue weighted by Crippen LogP contribution is -2.37. The van der Waals surface area contributed by atoms with E-state index in [1.54, 1.807) is 7.11 Å². The van der Waals surface area contributed by atoms with E-state index in [9.17, 15) is 5.11 Å². The van der Waals surface area contributed by atoms with Crippen molar-refractivity contribution in [2.45, 2.75) is 63.6 Å². The molecule has 36 heavy (non-hydrogen) atoms. The summed E-state index contributed by atoms with van der Waals surface area (Å²) in [6, 6.07) is 11.7. The Balaban J connectivity index is 1.47. The summed E-state index contributed by atoms with van der Waals surface area (Å²) in [5.74, 6) is 0.968. The smallest absolute Gasteiger partial charge is 0.241 e. The van der Waals surface area contributed by atoms with Gasteiger partial charge in [-0.1, -0.05) is 24.3 Å². The molecular formula is C28H39N5O3. The zero-order valence-corrected chi connectivity index (χ0v) is 21.7. The first-order valence-corrected chi connectivity index (χ1v) is 13.3. The lowest BCUT2D eigenvalue weighted by molar-refractivity contribution is 0.0198. The Kier molecular flexibility index (Phi) is 7.86. The number of benzene rings is 1. The van der Waals surface area contributed by atoms with Crippen LogP contribution in [0.4, 0.5) is 5.95 Å². The molecule has 0 spiro atoms. The van der Waals surface area contributed by atoms with Crippen molar-refractivity contribution in [1.82, 2.24) is 19.5 Å². The van der Waals surface area contributed by atoms with E-state index in [0.717, 1.165) is 63.1 Å². The van der Waals surface area contributed by atoms with Crippen LogP contribution in [-0.4, -0.2) is 76.8 Å². The van der Waals surface area contributed by atoms with Crippen LogP contribution in [0.25, 0.3) is 16.6 Å². The number of aliphatic hydroxyl groups is 1. The quantitative estimate of drug-likeness (QED) is 0.485. The van der Waals surface area contributed by atoms with Gasteiger partial charge in [-0.25, -0.2) is 9.50 Å². The molecule has 2 aliphatic rings. The molecule has 2 fully saturated rings. The third-order valence-corrected chi connectivity index (χ3v) is 7.75. The van der Waals surface area contributed by atoms with Crippen molar-refractivity contribution in [3.63, 3.8) is 0 Å². The van der Waals surface area contributed by atoms with Crippen LogP contribution in [0.3, 0.4) is 0 Å². The van der Waals surface area contributed by atoms with Crippen LogP contribution in [0.2, 0.25) is 0 Å². The van der Waals surface area contributed by atoms with Gasteiger partial charge in [-0.15, -0.1) is 5.10 Å². The minimum absolute atomic E-state index is 0.108. The predicted molar refractivity (Wildman–Crippen MR) is 141 cm³/mol. The van der Waals surface area contributed by atoms with Crippen molar-refractivity contribution in [3.8, 4) is 11.1 Å². The van der Waals surface area contributed by atoms with Crippen molar-refractivity contribution in [2.75, 3.05) is 45.3 Å². The maximum Gasteiger partial charge on any atom is 0.241 e. The fourth-order valence-corrected chi connectivity index (χ4v) is 5.60. The normalized spacial score (nSPS) is 23.0. The average molecular weight is 494 g/mol. The van der Waals surface area contributed by atoms with E-state index in [4.69, 9.17) is 14.6 Å². The highest BCUT2D eigenvalue weighted by Crippen LogP contribution is 2.38. The van der Waals surface area contributed by atoms with Crippen LogP contribution < -0.4 is 5.32 Å². The molecule has 1 aliphatic heterocycles. The molecule has 1 saturated heterocycles. The summed E-state index contributed by atoms with van der Waals surface area (Å²) < 4.78 is 12.9. The average Bonchev–Trinajstić information content (AvgIpc) is 3.28. The molecule has 1 saturated carbocycles. The Hall–Kier alpha value is -2.52. The van der Waals surface area contributed by atoms with Crippen LogP contribution in [-0.2, 0) is 9.47 Å². The second-order valence-electron chi connectivity index (χ2n) is 10.3. The molecule has 8 heteroatoms. The van der Waals surface area contributed by atoms with E-state index in [0.29, 0.717) is 24.5 Å². The van der Waals surface area contributed by atoms with Crippen molar-refractivity contribution >= 4 is 11.5 Å². The third kappa shape index (κ3) is 5.42. The van der Waals surface area contributed by atoms with Crippen LogP contribution in [0.15, 0.2) is 36.5 Å². The molecule has 2 atom stereocenters. The highest BCUT2D eigenvalue weighted by atomic mass is 16.5. The first-order chi connectivity index (χ1) is 17.5. The number of aromatic nitrogens is 3. The topological polar surface area (TPSA) is 84.2 Å². The van der Waals surface area contributed by atoms with Gasteiger partial charge in [0, 0.05) is 49.5 Å². The Labute approximate surface area is 213 Å². The largest absolute Gasteiger partial charge is 0.393 e. The van der Waals surface area contributed by atoms with Crippen LogP contribution in [0, 0.1) is 0 Å². The lowest BCUT2D eigenvalue weighted by Gasteiger charge is -2.32. The Morgan fingerprint density at radius 1 is 1.11 bits per heavy atom. The van der Waals surface area contributed by atoms with Crippen LogP contribution in [0.5, 0.6) is 0 Å². The van der Waals surface area contributed by atoms with Crippen LogP contribution in [0.1, 0.15) is 62.7 Å². The van der Waals surface area contributed by atoms with Gasteiger partial charge < -0.3 is 19.9 Å². The molecule has 2 N–H and O–H groups in total. The summed E-state index contributed by atoms with van der Waals surface area (Å²) in [4.78, 5) is 7.12. The van der Waals surface area contributed by atoms with E-state index < -0.39 is 0 Å². The van der Waals surface area contributed by atoms with E-state index in [-0.39, 0.29) is 12.1 Å². The SMILES string of the molecule is COC[C@H](C)Nc1ncc2c(-c3ccc(C(C)N4CCOCC4)cc3)cc([C@H]3CC[C@H](O)CC3)n2n1. The van der Waals surface area contributed by atoms with Gasteiger partial charge in [0.2, 0.25) is 5.95 Å². The summed E-state index contributed by atoms with van der Waals surface area (Å²) in [5, 5.41) is 18.3. The summed E-state index contributed by atoms with van der Waals surface area (Å²) in [6.45, 7) is 8.48. The summed E-state index contributed by atoms with van der Waals surface area (Å²) in [5.41, 5.74) is 5.85. The fourth-order valence-electron chi connectivity index (χ4n) is 5.60. The van der Waals surface area contributed by atoms with Crippen molar-refractivity contribution in [2.24, 2.45) is 0 Å². The number of fused-ring (bicyclic) bond motifs is 1. The standard InChI is InChI=1S/C28H39N5O3/c1-19(18-35-3)30-28-29-17-27-25(16-26(33(27)31-28)23-8-10-24(34)11-9-23)22-6-4-21(5-7-22)20(2)32-12-14-36-15-13-32/h4-7,16-17,19-20,23-24,34H,8-15,18H2,1-3H3,(H,30,31)/t19-,20?,23-,24-/m0/s1. The fraction of sp³-hybridized carbons (Fsp3) is 0.571. The van der Waals surface area contributed by atoms with Gasteiger partial charge in [-0.3, -0.25) is 4.90 Å². The summed E-state index contributed by atoms with van der Waals surface area (Å²) in [7, 11) is 1.70. The van der Waals surface area contributed by atoms with E-state index in [2.05, 4.69) is 63.9 Å². The monoisotopic (exact) mass is 493 g/mol. The highest BCUT2D eigenvalue weighted by Gasteiger charge is 2.26. The summed E-state index contributed by atoms with van der Waals surface area (Å²) in [6.07, 6.45) is 5.35. The molecule has 5 rings (SSSR count). The minimum atomic E-state index is -0.185. The molecular weight excluding hydrogens is 454 g/mol. The van der Waals surface area contributed by atoms with Crippen molar-refractivity contribution in [1.29, 1.82) is 0 Å². The van der Waals surface area contributed by atoms with Gasteiger partial charge >= 0.3 is 0 Å². The molecule has 0 bridgehead atoms. The zero-order chi connectivity index (χ0) is 25.1. The van der Waals surface area contributed by atoms with Gasteiger partial charge in [0.25, 0.3) is 0 Å². The highest BCUT2D eigenvalue weighted by molar-refractivity contribution is 5.81. The maximum atomic E-state index is 10.1. The van der Waals surface area contributed by atoms with Gasteiger partial charge in [-0.05, 0) is 56.7 Å². The number of anilines is 1. The Bertz CT molecular complexity index is 1130. The molecule has 1 aromatic carbocycles. The molecule has 3 heterocycles. The van der Waals surface area contributed by atoms with Gasteiger partial charge in [0.05, 0.1) is 37.6 Å². The number of ether oxygens (including phenoxy) is 2. The van der Waals surface area contributed by atoms with Gasteiger partial charge in [0.15, 0.2) is 0 Å². The molecule has 194 valence electrons. The molecule has 2 aromatic heterocycles. The van der Waals surface area contributed by atoms with Gasteiger partial charge in [0.1, 0.15) is 0 Å². The van der Waals surface area contributed by atoms with Gasteiger partial charge in [-0.2, -0.15) is 0 Å². The van der Waals surface area contributed by atoms with E-state index >= 15 is 0 Å². The number of rotatable bonds is 8. The van der Waals surface area contributed by atoms with E-state index in [1.807, 2.05) is 6.20 Å². The third-order valence-electron chi connectivity index (χ3n) is 7.75. The number of nitrogens with one attached hydrogen (secondary N) is 1.